The molecule has 13 nitrogen and oxygen atoms in total. The minimum absolute atomic E-state index is 0.00814. The second kappa shape index (κ2) is 17.9. The highest BCUT2D eigenvalue weighted by atomic mass is 79.9. The third kappa shape index (κ3) is 11.3. The summed E-state index contributed by atoms with van der Waals surface area (Å²) in [5.41, 5.74) is 1.06. The summed E-state index contributed by atoms with van der Waals surface area (Å²) >= 11 is 3.24. The lowest BCUT2D eigenvalue weighted by Gasteiger charge is -2.30. The third-order valence-corrected chi connectivity index (χ3v) is 8.45. The van der Waals surface area contributed by atoms with Crippen molar-refractivity contribution in [2.75, 3.05) is 25.0 Å². The highest BCUT2D eigenvalue weighted by Gasteiger charge is 2.39. The van der Waals surface area contributed by atoms with E-state index in [1.807, 2.05) is 0 Å². The zero-order valence-corrected chi connectivity index (χ0v) is 29.1. The monoisotopic (exact) mass is 745 g/mol. The molecule has 0 aliphatic carbocycles. The molecule has 2 aromatic rings. The summed E-state index contributed by atoms with van der Waals surface area (Å²) in [5, 5.41) is 15.7. The predicted octanol–water partition coefficient (Wildman–Crippen LogP) is 4.69. The van der Waals surface area contributed by atoms with Crippen LogP contribution in [0, 0.1) is 11.8 Å². The third-order valence-electron chi connectivity index (χ3n) is 8.01. The van der Waals surface area contributed by atoms with E-state index < -0.39 is 60.1 Å². The van der Waals surface area contributed by atoms with Crippen LogP contribution in [0.1, 0.15) is 56.4 Å². The van der Waals surface area contributed by atoms with Crippen LogP contribution in [0.2, 0.25) is 0 Å². The van der Waals surface area contributed by atoms with Gasteiger partial charge in [0.2, 0.25) is 5.91 Å². The van der Waals surface area contributed by atoms with Gasteiger partial charge >= 0.3 is 12.1 Å². The Bertz CT molecular complexity index is 1580. The molecule has 2 aromatic heterocycles. The summed E-state index contributed by atoms with van der Waals surface area (Å²) < 4.78 is 32.1. The van der Waals surface area contributed by atoms with Gasteiger partial charge in [-0.3, -0.25) is 14.9 Å². The Morgan fingerprint density at radius 2 is 2.10 bits per heavy atom. The first-order chi connectivity index (χ1) is 23.4. The van der Waals surface area contributed by atoms with E-state index in [2.05, 4.69) is 36.5 Å². The average molecular weight is 747 g/mol. The molecular formula is C34H41BrFN5O8. The van der Waals surface area contributed by atoms with Gasteiger partial charge in [0.1, 0.15) is 29.2 Å². The topological polar surface area (TPSA) is 173 Å². The van der Waals surface area contributed by atoms with Gasteiger partial charge in [-0.1, -0.05) is 43.7 Å². The molecule has 0 radical (unpaired) electrons. The van der Waals surface area contributed by atoms with Crippen molar-refractivity contribution in [3.63, 3.8) is 0 Å². The van der Waals surface area contributed by atoms with Crippen molar-refractivity contribution in [3.8, 4) is 0 Å². The number of nitrogens with one attached hydrogen (secondary N) is 2. The Morgan fingerprint density at radius 1 is 1.31 bits per heavy atom. The fourth-order valence-corrected chi connectivity index (χ4v) is 5.93. The van der Waals surface area contributed by atoms with Crippen LogP contribution >= 0.6 is 15.9 Å². The van der Waals surface area contributed by atoms with Crippen LogP contribution in [0.3, 0.4) is 0 Å². The first kappa shape index (κ1) is 37.4. The zero-order chi connectivity index (χ0) is 35.5. The molecular weight excluding hydrogens is 705 g/mol. The predicted molar refractivity (Wildman–Crippen MR) is 180 cm³/mol. The molecule has 2 aliphatic heterocycles. The molecule has 1 fully saturated rings. The SMILES string of the molecule is CC1=CC(O)CC(F)Cc2nc(co2)C(=O)N2CCCC2C(=O)OC(C(C)COC(=O)Nc2ccnc(Br)c2)C(C)/C=C/C(=O)NCC=C1. The number of pyridine rings is 1. The number of hydrogen-bond acceptors (Lipinski definition) is 10. The average Bonchev–Trinajstić information content (AvgIpc) is 3.73. The Morgan fingerprint density at radius 3 is 2.88 bits per heavy atom. The fraction of sp³-hybridized carbons (Fsp3) is 0.471. The van der Waals surface area contributed by atoms with Gasteiger partial charge in [0.05, 0.1) is 19.1 Å². The van der Waals surface area contributed by atoms with Crippen LogP contribution in [-0.4, -0.2) is 88.0 Å². The molecule has 2 aliphatic rings. The molecule has 15 heteroatoms. The fourth-order valence-electron chi connectivity index (χ4n) is 5.57. The minimum Gasteiger partial charge on any atom is -0.460 e. The van der Waals surface area contributed by atoms with Crippen molar-refractivity contribution in [3.05, 3.63) is 76.7 Å². The molecule has 4 heterocycles. The van der Waals surface area contributed by atoms with Gasteiger partial charge in [-0.15, -0.1) is 0 Å². The van der Waals surface area contributed by atoms with E-state index in [1.54, 1.807) is 51.1 Å². The van der Waals surface area contributed by atoms with Gasteiger partial charge in [0.15, 0.2) is 11.6 Å². The number of hydrogen-bond donors (Lipinski definition) is 3. The Kier molecular flexibility index (Phi) is 13.6. The molecule has 1 saturated heterocycles. The van der Waals surface area contributed by atoms with Gasteiger partial charge in [-0.25, -0.2) is 23.9 Å². The molecule has 3 amide bonds. The van der Waals surface area contributed by atoms with Gasteiger partial charge in [0.25, 0.3) is 5.91 Å². The number of aliphatic hydroxyl groups excluding tert-OH is 1. The van der Waals surface area contributed by atoms with Crippen molar-refractivity contribution >= 4 is 45.5 Å². The summed E-state index contributed by atoms with van der Waals surface area (Å²) in [4.78, 5) is 61.7. The van der Waals surface area contributed by atoms with Crippen LogP contribution in [0.25, 0.3) is 0 Å². The Balaban J connectivity index is 1.54. The number of rotatable bonds is 4. The number of amides is 3. The van der Waals surface area contributed by atoms with Crippen LogP contribution in [0.4, 0.5) is 14.9 Å². The minimum atomic E-state index is -1.50. The van der Waals surface area contributed by atoms with Gasteiger partial charge in [-0.2, -0.15) is 0 Å². The van der Waals surface area contributed by atoms with Gasteiger partial charge in [-0.05, 0) is 53.9 Å². The number of carbonyl (C=O) groups is 4. The van der Waals surface area contributed by atoms with E-state index in [0.29, 0.717) is 28.7 Å². The van der Waals surface area contributed by atoms with Crippen molar-refractivity contribution in [1.82, 2.24) is 20.2 Å². The quantitative estimate of drug-likeness (QED) is 0.295. The summed E-state index contributed by atoms with van der Waals surface area (Å²) in [7, 11) is 0. The van der Waals surface area contributed by atoms with Crippen LogP contribution in [0.5, 0.6) is 0 Å². The number of nitrogens with zero attached hydrogens (tertiary/aromatic N) is 3. The van der Waals surface area contributed by atoms with E-state index >= 15 is 0 Å². The maximum atomic E-state index is 14.8. The molecule has 264 valence electrons. The zero-order valence-electron chi connectivity index (χ0n) is 27.5. The van der Waals surface area contributed by atoms with E-state index in [1.165, 1.54) is 23.2 Å². The van der Waals surface area contributed by atoms with Crippen molar-refractivity contribution < 1.29 is 42.6 Å². The molecule has 2 bridgehead atoms. The number of oxazole rings is 1. The number of aliphatic hydroxyl groups is 1. The standard InChI is InChI=1S/C34H41BrFN5O8/c1-20-6-4-11-38-29(43)9-8-21(2)31(22(3)18-48-34(46)39-24-10-12-37-28(35)17-24)49-33(45)27-7-5-13-41(27)32(44)26-19-47-30(40-26)16-23(36)15-25(42)14-20/h4,6,8-10,12,14,17,19,21-23,25,27,31,42H,5,7,11,13,15-16,18H2,1-3H3,(H,38,43)(H,37,39,46)/b6-4?,9-8+,20-14?. The summed E-state index contributed by atoms with van der Waals surface area (Å²) in [6.45, 7) is 5.58. The van der Waals surface area contributed by atoms with Gasteiger partial charge < -0.3 is 29.2 Å². The number of cyclic esters (lactones) is 1. The van der Waals surface area contributed by atoms with Crippen LogP contribution < -0.4 is 10.6 Å². The van der Waals surface area contributed by atoms with Crippen molar-refractivity contribution in [2.24, 2.45) is 11.8 Å². The first-order valence-corrected chi connectivity index (χ1v) is 16.8. The number of fused-ring (bicyclic) bond motifs is 3. The van der Waals surface area contributed by atoms with E-state index in [9.17, 15) is 28.7 Å². The molecule has 6 unspecified atom stereocenters. The number of alkyl halides is 1. The lowest BCUT2D eigenvalue weighted by molar-refractivity contribution is -0.159. The number of aromatic nitrogens is 2. The summed E-state index contributed by atoms with van der Waals surface area (Å²) in [6.07, 6.45) is 6.71. The number of halogens is 2. The molecule has 0 aromatic carbocycles. The molecule has 3 N–H and O–H groups in total. The van der Waals surface area contributed by atoms with E-state index in [0.717, 1.165) is 6.26 Å². The lowest BCUT2D eigenvalue weighted by Crippen LogP contribution is -2.44. The second-order valence-electron chi connectivity index (χ2n) is 12.1. The normalized spacial score (nSPS) is 25.8. The van der Waals surface area contributed by atoms with Gasteiger partial charge in [0, 0.05) is 43.2 Å². The molecule has 0 saturated carbocycles. The largest absolute Gasteiger partial charge is 0.460 e. The first-order valence-electron chi connectivity index (χ1n) is 16.0. The maximum Gasteiger partial charge on any atom is 0.411 e. The molecule has 6 atom stereocenters. The number of carbonyl (C=O) groups excluding carboxylic acids is 4. The number of allylic oxidation sites excluding steroid dienone is 2. The lowest BCUT2D eigenvalue weighted by atomic mass is 9.93. The van der Waals surface area contributed by atoms with Crippen molar-refractivity contribution in [2.45, 2.75) is 70.9 Å². The van der Waals surface area contributed by atoms with Crippen LogP contribution in [0.15, 0.2) is 69.6 Å². The molecule has 0 spiro atoms. The molecule has 49 heavy (non-hydrogen) atoms. The smallest absolute Gasteiger partial charge is 0.411 e. The maximum absolute atomic E-state index is 14.8. The number of esters is 1. The Labute approximate surface area is 292 Å². The number of ether oxygens (including phenoxy) is 2. The Hall–Kier alpha value is -4.37. The molecule has 4 rings (SSSR count). The number of anilines is 1. The second-order valence-corrected chi connectivity index (χ2v) is 12.9. The van der Waals surface area contributed by atoms with E-state index in [4.69, 9.17) is 13.9 Å². The van der Waals surface area contributed by atoms with Crippen molar-refractivity contribution in [1.29, 1.82) is 0 Å². The highest BCUT2D eigenvalue weighted by molar-refractivity contribution is 9.10. The highest BCUT2D eigenvalue weighted by Crippen LogP contribution is 2.26. The van der Waals surface area contributed by atoms with E-state index in [-0.39, 0.29) is 44.1 Å². The summed E-state index contributed by atoms with van der Waals surface area (Å²) in [5.74, 6) is -2.66. The summed E-state index contributed by atoms with van der Waals surface area (Å²) in [6, 6.07) is 2.27. The van der Waals surface area contributed by atoms with Crippen LogP contribution in [-0.2, 0) is 25.5 Å².